The van der Waals surface area contributed by atoms with Gasteiger partial charge in [0.15, 0.2) is 0 Å². The summed E-state index contributed by atoms with van der Waals surface area (Å²) in [4.78, 5) is 23.7. The Morgan fingerprint density at radius 3 is 2.94 bits per heavy atom. The molecule has 1 fully saturated rings. The van der Waals surface area contributed by atoms with E-state index in [1.165, 1.54) is 6.20 Å². The predicted molar refractivity (Wildman–Crippen MR) is 65.4 cm³/mol. The number of amides is 1. The minimum atomic E-state index is -0.883. The molecule has 1 amide bonds. The number of hydrogen-bond donors (Lipinski definition) is 2. The van der Waals surface area contributed by atoms with Crippen molar-refractivity contribution >= 4 is 23.4 Å². The number of nitrogens with zero attached hydrogens (tertiary/aromatic N) is 2. The van der Waals surface area contributed by atoms with Gasteiger partial charge in [0.05, 0.1) is 11.6 Å². The Morgan fingerprint density at radius 2 is 2.33 bits per heavy atom. The van der Waals surface area contributed by atoms with Crippen molar-refractivity contribution in [2.75, 3.05) is 0 Å². The van der Waals surface area contributed by atoms with Gasteiger partial charge in [-0.25, -0.2) is 0 Å². The maximum Gasteiger partial charge on any atom is 0.311 e. The van der Waals surface area contributed by atoms with E-state index in [-0.39, 0.29) is 11.9 Å². The van der Waals surface area contributed by atoms with Gasteiger partial charge in [-0.15, -0.1) is 5.10 Å². The van der Waals surface area contributed by atoms with Gasteiger partial charge in [0.2, 0.25) is 0 Å². The van der Waals surface area contributed by atoms with Gasteiger partial charge in [-0.1, -0.05) is 17.3 Å². The van der Waals surface area contributed by atoms with Crippen LogP contribution >= 0.6 is 11.5 Å². The Labute approximate surface area is 109 Å². The lowest BCUT2D eigenvalue weighted by atomic mass is 9.71. The number of carboxylic acids is 1. The Morgan fingerprint density at radius 1 is 1.56 bits per heavy atom. The maximum atomic E-state index is 11.9. The first-order valence-corrected chi connectivity index (χ1v) is 6.63. The first-order chi connectivity index (χ1) is 8.54. The normalized spacial score (nSPS) is 27.7. The number of hydrogen-bond acceptors (Lipinski definition) is 5. The highest BCUT2D eigenvalue weighted by Gasteiger charge is 2.44. The molecule has 18 heavy (non-hydrogen) atoms. The molecule has 2 N–H and O–H groups in total. The molecule has 1 aliphatic rings. The van der Waals surface area contributed by atoms with Crippen molar-refractivity contribution in [3.63, 3.8) is 0 Å². The van der Waals surface area contributed by atoms with Crippen molar-refractivity contribution in [1.29, 1.82) is 0 Å². The Balaban J connectivity index is 2.11. The Bertz CT molecular complexity index is 448. The van der Waals surface area contributed by atoms with Gasteiger partial charge in [-0.05, 0) is 31.3 Å². The molecule has 0 spiro atoms. The predicted octanol–water partition coefficient (Wildman–Crippen LogP) is 1.30. The van der Waals surface area contributed by atoms with Crippen LogP contribution in [0, 0.1) is 5.41 Å². The van der Waals surface area contributed by atoms with Gasteiger partial charge in [0, 0.05) is 6.04 Å². The van der Waals surface area contributed by atoms with Crippen LogP contribution in [-0.2, 0) is 4.79 Å². The average Bonchev–Trinajstić information content (AvgIpc) is 2.85. The SMILES string of the molecule is CC1(C(=O)O)CCCCC1NC(=O)c1cnns1. The van der Waals surface area contributed by atoms with E-state index in [4.69, 9.17) is 0 Å². The lowest BCUT2D eigenvalue weighted by molar-refractivity contribution is -0.151. The van der Waals surface area contributed by atoms with Crippen molar-refractivity contribution in [1.82, 2.24) is 14.9 Å². The van der Waals surface area contributed by atoms with Crippen LogP contribution in [0.15, 0.2) is 6.20 Å². The molecule has 1 heterocycles. The molecule has 1 aromatic heterocycles. The van der Waals surface area contributed by atoms with Crippen molar-refractivity contribution in [2.45, 2.75) is 38.6 Å². The molecule has 7 heteroatoms. The van der Waals surface area contributed by atoms with Crippen LogP contribution < -0.4 is 5.32 Å². The van der Waals surface area contributed by atoms with E-state index in [1.807, 2.05) is 0 Å². The summed E-state index contributed by atoms with van der Waals surface area (Å²) in [5.41, 5.74) is -0.883. The molecule has 0 aliphatic heterocycles. The number of carboxylic acid groups (broad SMARTS) is 1. The van der Waals surface area contributed by atoms with Crippen molar-refractivity contribution < 1.29 is 14.7 Å². The molecule has 1 saturated carbocycles. The number of aromatic nitrogens is 2. The molecule has 0 radical (unpaired) electrons. The van der Waals surface area contributed by atoms with Crippen molar-refractivity contribution in [2.24, 2.45) is 5.41 Å². The third-order valence-corrected chi connectivity index (χ3v) is 4.25. The van der Waals surface area contributed by atoms with Crippen LogP contribution in [0.2, 0.25) is 0 Å². The van der Waals surface area contributed by atoms with E-state index in [0.717, 1.165) is 24.4 Å². The van der Waals surface area contributed by atoms with Crippen LogP contribution in [0.3, 0.4) is 0 Å². The lowest BCUT2D eigenvalue weighted by Crippen LogP contribution is -2.52. The van der Waals surface area contributed by atoms with Gasteiger partial charge in [-0.2, -0.15) is 0 Å². The molecule has 0 aromatic carbocycles. The van der Waals surface area contributed by atoms with E-state index < -0.39 is 11.4 Å². The third kappa shape index (κ3) is 2.35. The highest BCUT2D eigenvalue weighted by atomic mass is 32.1. The fourth-order valence-electron chi connectivity index (χ4n) is 2.32. The highest BCUT2D eigenvalue weighted by Crippen LogP contribution is 2.36. The summed E-state index contributed by atoms with van der Waals surface area (Å²) in [6.45, 7) is 1.70. The summed E-state index contributed by atoms with van der Waals surface area (Å²) >= 11 is 1.01. The van der Waals surface area contributed by atoms with Crippen LogP contribution in [0.1, 0.15) is 42.3 Å². The lowest BCUT2D eigenvalue weighted by Gasteiger charge is -2.38. The monoisotopic (exact) mass is 269 g/mol. The van der Waals surface area contributed by atoms with Gasteiger partial charge in [-0.3, -0.25) is 9.59 Å². The minimum absolute atomic E-state index is 0.288. The molecule has 6 nitrogen and oxygen atoms in total. The number of carbonyl (C=O) groups is 2. The number of nitrogens with one attached hydrogen (secondary N) is 1. The standard InChI is InChI=1S/C11H15N3O3S/c1-11(10(16)17)5-3-2-4-8(11)13-9(15)7-6-12-14-18-7/h6,8H,2-5H2,1H3,(H,13,15)(H,16,17). The number of carbonyl (C=O) groups excluding carboxylic acids is 1. The van der Waals surface area contributed by atoms with E-state index in [0.29, 0.717) is 17.7 Å². The second-order valence-corrected chi connectivity index (χ2v) is 5.56. The molecule has 0 bridgehead atoms. The van der Waals surface area contributed by atoms with Crippen LogP contribution in [-0.4, -0.2) is 32.6 Å². The fourth-order valence-corrected chi connectivity index (χ4v) is 2.74. The van der Waals surface area contributed by atoms with Crippen LogP contribution in [0.4, 0.5) is 0 Å². The number of aliphatic carboxylic acids is 1. The molecule has 0 saturated heterocycles. The zero-order valence-electron chi connectivity index (χ0n) is 10.0. The quantitative estimate of drug-likeness (QED) is 0.863. The maximum absolute atomic E-state index is 11.9. The van der Waals surface area contributed by atoms with Gasteiger partial charge < -0.3 is 10.4 Å². The molecular formula is C11H15N3O3S. The molecule has 1 aromatic rings. The topological polar surface area (TPSA) is 92.2 Å². The Hall–Kier alpha value is -1.50. The molecule has 2 rings (SSSR count). The highest BCUT2D eigenvalue weighted by molar-refractivity contribution is 7.07. The van der Waals surface area contributed by atoms with Crippen molar-refractivity contribution in [3.8, 4) is 0 Å². The average molecular weight is 269 g/mol. The summed E-state index contributed by atoms with van der Waals surface area (Å²) in [5, 5.41) is 15.7. The van der Waals surface area contributed by atoms with Crippen LogP contribution in [0.5, 0.6) is 0 Å². The largest absolute Gasteiger partial charge is 0.481 e. The smallest absolute Gasteiger partial charge is 0.311 e. The minimum Gasteiger partial charge on any atom is -0.481 e. The van der Waals surface area contributed by atoms with E-state index in [2.05, 4.69) is 14.9 Å². The second kappa shape index (κ2) is 5.01. The molecule has 2 atom stereocenters. The van der Waals surface area contributed by atoms with Crippen molar-refractivity contribution in [3.05, 3.63) is 11.1 Å². The zero-order valence-corrected chi connectivity index (χ0v) is 10.9. The Kier molecular flexibility index (Phi) is 3.60. The van der Waals surface area contributed by atoms with Gasteiger partial charge >= 0.3 is 5.97 Å². The van der Waals surface area contributed by atoms with Gasteiger partial charge in [0.25, 0.3) is 5.91 Å². The van der Waals surface area contributed by atoms with E-state index in [1.54, 1.807) is 6.92 Å². The molecule has 2 unspecified atom stereocenters. The molecular weight excluding hydrogens is 254 g/mol. The van der Waals surface area contributed by atoms with Crippen LogP contribution in [0.25, 0.3) is 0 Å². The summed E-state index contributed by atoms with van der Waals surface area (Å²) in [6, 6.07) is -0.335. The molecule has 98 valence electrons. The van der Waals surface area contributed by atoms with E-state index >= 15 is 0 Å². The second-order valence-electron chi connectivity index (χ2n) is 4.78. The summed E-state index contributed by atoms with van der Waals surface area (Å²) in [5.74, 6) is -1.14. The summed E-state index contributed by atoms with van der Waals surface area (Å²) in [7, 11) is 0. The third-order valence-electron chi connectivity index (χ3n) is 3.59. The fraction of sp³-hybridized carbons (Fsp3) is 0.636. The number of rotatable bonds is 3. The summed E-state index contributed by atoms with van der Waals surface area (Å²) < 4.78 is 3.62. The first-order valence-electron chi connectivity index (χ1n) is 5.85. The molecule has 1 aliphatic carbocycles. The first kappa shape index (κ1) is 12.9. The van der Waals surface area contributed by atoms with Gasteiger partial charge in [0.1, 0.15) is 4.88 Å². The zero-order chi connectivity index (χ0) is 13.2. The van der Waals surface area contributed by atoms with E-state index in [9.17, 15) is 14.7 Å². The summed E-state index contributed by atoms with van der Waals surface area (Å²) in [6.07, 6.45) is 4.50.